The molecule has 126 valence electrons. The zero-order valence-corrected chi connectivity index (χ0v) is 14.1. The fourth-order valence-electron chi connectivity index (χ4n) is 3.52. The number of morpholine rings is 1. The lowest BCUT2D eigenvalue weighted by molar-refractivity contribution is -0.0461. The molecular weight excluding hydrogens is 288 g/mol. The lowest BCUT2D eigenvalue weighted by Gasteiger charge is -2.35. The predicted molar refractivity (Wildman–Crippen MR) is 91.7 cm³/mol. The van der Waals surface area contributed by atoms with E-state index < -0.39 is 0 Å². The van der Waals surface area contributed by atoms with Crippen LogP contribution in [0, 0.1) is 0 Å². The van der Waals surface area contributed by atoms with Gasteiger partial charge in [0, 0.05) is 24.7 Å². The number of nitrogens with zero attached hydrogens (tertiary/aromatic N) is 1. The van der Waals surface area contributed by atoms with E-state index in [9.17, 15) is 4.79 Å². The number of benzene rings is 1. The summed E-state index contributed by atoms with van der Waals surface area (Å²) in [4.78, 5) is 14.8. The number of hydrogen-bond donors (Lipinski definition) is 1. The van der Waals surface area contributed by atoms with Crippen molar-refractivity contribution in [3.63, 3.8) is 0 Å². The van der Waals surface area contributed by atoms with Crippen molar-refractivity contribution in [2.75, 3.05) is 26.2 Å². The van der Waals surface area contributed by atoms with E-state index in [1.807, 2.05) is 12.1 Å². The van der Waals surface area contributed by atoms with Gasteiger partial charge in [0.05, 0.1) is 12.7 Å². The highest BCUT2D eigenvalue weighted by atomic mass is 16.5. The molecule has 23 heavy (non-hydrogen) atoms. The van der Waals surface area contributed by atoms with Gasteiger partial charge < -0.3 is 10.1 Å². The van der Waals surface area contributed by atoms with E-state index in [2.05, 4.69) is 29.3 Å². The number of nitrogens with one attached hydrogen (secondary N) is 1. The summed E-state index contributed by atoms with van der Waals surface area (Å²) in [5, 5.41) is 3.02. The van der Waals surface area contributed by atoms with Gasteiger partial charge in [-0.05, 0) is 49.9 Å². The molecule has 2 atom stereocenters. The number of rotatable bonds is 6. The van der Waals surface area contributed by atoms with E-state index in [1.165, 1.54) is 37.8 Å². The molecule has 2 aliphatic rings. The van der Waals surface area contributed by atoms with Crippen LogP contribution in [-0.4, -0.2) is 49.2 Å². The van der Waals surface area contributed by atoms with Crippen LogP contribution in [0.4, 0.5) is 0 Å². The van der Waals surface area contributed by atoms with Crippen LogP contribution in [0.15, 0.2) is 24.3 Å². The van der Waals surface area contributed by atoms with Gasteiger partial charge in [-0.1, -0.05) is 25.5 Å². The van der Waals surface area contributed by atoms with Gasteiger partial charge in [0.2, 0.25) is 0 Å². The van der Waals surface area contributed by atoms with Crippen molar-refractivity contribution in [1.29, 1.82) is 0 Å². The zero-order chi connectivity index (χ0) is 16.1. The zero-order valence-electron chi connectivity index (χ0n) is 14.1. The van der Waals surface area contributed by atoms with Crippen molar-refractivity contribution in [2.24, 2.45) is 0 Å². The van der Waals surface area contributed by atoms with Crippen LogP contribution in [0.25, 0.3) is 0 Å². The quantitative estimate of drug-likeness (QED) is 0.877. The molecule has 0 spiro atoms. The highest BCUT2D eigenvalue weighted by Crippen LogP contribution is 2.22. The number of fused-ring (bicyclic) bond motifs is 1. The lowest BCUT2D eigenvalue weighted by Crippen LogP contribution is -2.50. The Morgan fingerprint density at radius 3 is 2.96 bits per heavy atom. The SMILES string of the molecule is CCCCc1ccc(C(=O)NC[C@@H]2CN3CCC[C@@H]3CO2)cc1. The average Bonchev–Trinajstić information content (AvgIpc) is 3.06. The topological polar surface area (TPSA) is 41.6 Å². The van der Waals surface area contributed by atoms with Gasteiger partial charge in [-0.15, -0.1) is 0 Å². The number of carbonyl (C=O) groups is 1. The molecule has 0 bridgehead atoms. The Labute approximate surface area is 139 Å². The number of aryl methyl sites for hydroxylation is 1. The van der Waals surface area contributed by atoms with Crippen molar-refractivity contribution in [3.8, 4) is 0 Å². The number of carbonyl (C=O) groups excluding carboxylic acids is 1. The van der Waals surface area contributed by atoms with Crippen molar-refractivity contribution in [2.45, 2.75) is 51.2 Å². The first-order valence-electron chi connectivity index (χ1n) is 8.99. The predicted octanol–water partition coefficient (Wildman–Crippen LogP) is 2.62. The summed E-state index contributed by atoms with van der Waals surface area (Å²) in [6.45, 7) is 5.73. The van der Waals surface area contributed by atoms with E-state index in [0.29, 0.717) is 12.6 Å². The summed E-state index contributed by atoms with van der Waals surface area (Å²) in [6, 6.07) is 8.60. The number of amides is 1. The molecule has 4 nitrogen and oxygen atoms in total. The fraction of sp³-hybridized carbons (Fsp3) is 0.632. The summed E-state index contributed by atoms with van der Waals surface area (Å²) in [5.74, 6) is -0.000753. The third kappa shape index (κ3) is 4.33. The monoisotopic (exact) mass is 316 g/mol. The van der Waals surface area contributed by atoms with Gasteiger partial charge in [0.15, 0.2) is 0 Å². The maximum atomic E-state index is 12.3. The molecule has 4 heteroatoms. The Bertz CT molecular complexity index is 515. The molecular formula is C19H28N2O2. The van der Waals surface area contributed by atoms with Gasteiger partial charge >= 0.3 is 0 Å². The molecule has 0 aromatic heterocycles. The second-order valence-corrected chi connectivity index (χ2v) is 6.76. The third-order valence-corrected chi connectivity index (χ3v) is 4.99. The number of hydrogen-bond acceptors (Lipinski definition) is 3. The molecule has 2 fully saturated rings. The standard InChI is InChI=1S/C19H28N2O2/c1-2-3-5-15-7-9-16(10-8-15)19(22)20-12-18-13-21-11-4-6-17(21)14-23-18/h7-10,17-18H,2-6,11-14H2,1H3,(H,20,22)/t17-,18-/m1/s1. The van der Waals surface area contributed by atoms with Crippen LogP contribution in [0.5, 0.6) is 0 Å². The maximum Gasteiger partial charge on any atom is 0.251 e. The smallest absolute Gasteiger partial charge is 0.251 e. The average molecular weight is 316 g/mol. The summed E-state index contributed by atoms with van der Waals surface area (Å²) in [5.41, 5.74) is 2.04. The van der Waals surface area contributed by atoms with Crippen LogP contribution < -0.4 is 5.32 Å². The van der Waals surface area contributed by atoms with Crippen LogP contribution in [0.1, 0.15) is 48.5 Å². The fourth-order valence-corrected chi connectivity index (χ4v) is 3.52. The number of ether oxygens (including phenoxy) is 1. The van der Waals surface area contributed by atoms with Gasteiger partial charge in [0.25, 0.3) is 5.91 Å². The van der Waals surface area contributed by atoms with Gasteiger partial charge in [-0.3, -0.25) is 9.69 Å². The van der Waals surface area contributed by atoms with Crippen molar-refractivity contribution >= 4 is 5.91 Å². The minimum absolute atomic E-state index is 0.000753. The molecule has 1 amide bonds. The van der Waals surface area contributed by atoms with E-state index in [1.54, 1.807) is 0 Å². The molecule has 1 aromatic carbocycles. The molecule has 0 saturated carbocycles. The summed E-state index contributed by atoms with van der Waals surface area (Å²) in [6.07, 6.45) is 6.13. The van der Waals surface area contributed by atoms with E-state index in [4.69, 9.17) is 4.74 Å². The van der Waals surface area contributed by atoms with Gasteiger partial charge in [-0.2, -0.15) is 0 Å². The minimum atomic E-state index is -0.000753. The molecule has 3 rings (SSSR count). The van der Waals surface area contributed by atoms with Crippen molar-refractivity contribution in [1.82, 2.24) is 10.2 Å². The molecule has 1 aromatic rings. The van der Waals surface area contributed by atoms with E-state index >= 15 is 0 Å². The van der Waals surface area contributed by atoms with E-state index in [0.717, 1.165) is 25.1 Å². The molecule has 2 aliphatic heterocycles. The summed E-state index contributed by atoms with van der Waals surface area (Å²) in [7, 11) is 0. The Balaban J connectivity index is 1.45. The van der Waals surface area contributed by atoms with Crippen LogP contribution in [-0.2, 0) is 11.2 Å². The second-order valence-electron chi connectivity index (χ2n) is 6.76. The van der Waals surface area contributed by atoms with Crippen LogP contribution in [0.2, 0.25) is 0 Å². The normalized spacial score (nSPS) is 24.4. The highest BCUT2D eigenvalue weighted by Gasteiger charge is 2.32. The summed E-state index contributed by atoms with van der Waals surface area (Å²) < 4.78 is 5.89. The van der Waals surface area contributed by atoms with Gasteiger partial charge in [-0.25, -0.2) is 0 Å². The molecule has 0 aliphatic carbocycles. The molecule has 0 unspecified atom stereocenters. The van der Waals surface area contributed by atoms with E-state index in [-0.39, 0.29) is 12.0 Å². The summed E-state index contributed by atoms with van der Waals surface area (Å²) >= 11 is 0. The Morgan fingerprint density at radius 1 is 1.35 bits per heavy atom. The highest BCUT2D eigenvalue weighted by molar-refractivity contribution is 5.94. The molecule has 1 N–H and O–H groups in total. The largest absolute Gasteiger partial charge is 0.373 e. The lowest BCUT2D eigenvalue weighted by atomic mass is 10.1. The van der Waals surface area contributed by atoms with Crippen molar-refractivity contribution < 1.29 is 9.53 Å². The van der Waals surface area contributed by atoms with Crippen molar-refractivity contribution in [3.05, 3.63) is 35.4 Å². The maximum absolute atomic E-state index is 12.3. The Kier molecular flexibility index (Phi) is 5.68. The first-order chi connectivity index (χ1) is 11.3. The Morgan fingerprint density at radius 2 is 2.17 bits per heavy atom. The first-order valence-corrected chi connectivity index (χ1v) is 8.99. The molecule has 2 heterocycles. The van der Waals surface area contributed by atoms with Crippen LogP contribution >= 0.6 is 0 Å². The second kappa shape index (κ2) is 7.93. The molecule has 0 radical (unpaired) electrons. The number of unbranched alkanes of at least 4 members (excludes halogenated alkanes) is 1. The third-order valence-electron chi connectivity index (χ3n) is 4.99. The molecule has 2 saturated heterocycles. The minimum Gasteiger partial charge on any atom is -0.373 e. The van der Waals surface area contributed by atoms with Crippen LogP contribution in [0.3, 0.4) is 0 Å². The van der Waals surface area contributed by atoms with Gasteiger partial charge in [0.1, 0.15) is 0 Å². The first kappa shape index (κ1) is 16.5. The Hall–Kier alpha value is -1.39.